The lowest BCUT2D eigenvalue weighted by molar-refractivity contribution is 0.0517. The molecule has 3 aliphatic heterocycles. The highest BCUT2D eigenvalue weighted by molar-refractivity contribution is 6.21. The van der Waals surface area contributed by atoms with Crippen LogP contribution in [0.5, 0.6) is 0 Å². The van der Waals surface area contributed by atoms with Crippen molar-refractivity contribution >= 4 is 11.8 Å². The van der Waals surface area contributed by atoms with Crippen molar-refractivity contribution in [3.8, 4) is 5.69 Å². The lowest BCUT2D eigenvalue weighted by Gasteiger charge is -2.33. The van der Waals surface area contributed by atoms with Gasteiger partial charge in [0, 0.05) is 0 Å². The average Bonchev–Trinajstić information content (AvgIpc) is 3.54. The highest BCUT2D eigenvalue weighted by atomic mass is 16.2. The number of aromatic nitrogens is 3. The number of carbonyl (C=O) groups excluding carboxylic acids is 2. The molecule has 2 aromatic carbocycles. The topological polar surface area (TPSA) is 86.3 Å². The lowest BCUT2D eigenvalue weighted by atomic mass is 10.0. The smallest absolute Gasteiger partial charge is 0.269 e. The number of hydrogen-bond donors (Lipinski definition) is 0. The number of benzene rings is 2. The van der Waals surface area contributed by atoms with Crippen LogP contribution in [0.4, 0.5) is 0 Å². The third-order valence-electron chi connectivity index (χ3n) is 7.33. The molecule has 0 N–H and O–H groups in total. The van der Waals surface area contributed by atoms with E-state index in [-0.39, 0.29) is 29.7 Å². The Bertz CT molecular complexity index is 1440. The monoisotopic (exact) mass is 426 g/mol. The third kappa shape index (κ3) is 2.02. The molecular weight excluding hydrogens is 408 g/mol. The maximum absolute atomic E-state index is 13.5. The van der Waals surface area contributed by atoms with Crippen molar-refractivity contribution in [2.75, 3.05) is 0 Å². The number of fused-ring (bicyclic) bond motifs is 3. The first kappa shape index (κ1) is 17.7. The third-order valence-corrected chi connectivity index (χ3v) is 7.33. The van der Waals surface area contributed by atoms with Gasteiger partial charge in [0.15, 0.2) is 0 Å². The second kappa shape index (κ2) is 5.85. The predicted octanol–water partition coefficient (Wildman–Crippen LogP) is 1.77. The van der Waals surface area contributed by atoms with Gasteiger partial charge in [0.1, 0.15) is 0 Å². The first-order chi connectivity index (χ1) is 15.6. The van der Waals surface area contributed by atoms with Crippen LogP contribution in [0.3, 0.4) is 0 Å². The van der Waals surface area contributed by atoms with Gasteiger partial charge in [0.05, 0.1) is 34.9 Å². The molecule has 7 rings (SSSR count). The van der Waals surface area contributed by atoms with Crippen LogP contribution in [0.25, 0.3) is 5.69 Å². The maximum Gasteiger partial charge on any atom is 0.352 e. The van der Waals surface area contributed by atoms with E-state index in [0.717, 1.165) is 6.42 Å². The number of carbonyl (C=O) groups is 2. The van der Waals surface area contributed by atoms with Crippen molar-refractivity contribution in [3.63, 3.8) is 0 Å². The molecule has 5 unspecified atom stereocenters. The Morgan fingerprint density at radius 3 is 1.88 bits per heavy atom. The van der Waals surface area contributed by atoms with Gasteiger partial charge in [-0.05, 0) is 42.5 Å². The summed E-state index contributed by atoms with van der Waals surface area (Å²) < 4.78 is 4.17. The number of rotatable bonds is 2. The number of imide groups is 1. The summed E-state index contributed by atoms with van der Waals surface area (Å²) >= 11 is 0. The Labute approximate surface area is 181 Å². The average molecular weight is 426 g/mol. The van der Waals surface area contributed by atoms with E-state index in [0.29, 0.717) is 16.8 Å². The Morgan fingerprint density at radius 1 is 0.656 bits per heavy atom. The Kier molecular flexibility index (Phi) is 3.24. The summed E-state index contributed by atoms with van der Waals surface area (Å²) in [5.41, 5.74) is 0.436. The van der Waals surface area contributed by atoms with Crippen molar-refractivity contribution in [2.24, 2.45) is 11.8 Å². The molecule has 0 spiro atoms. The first-order valence-corrected chi connectivity index (χ1v) is 10.7. The molecule has 3 aromatic rings. The van der Waals surface area contributed by atoms with Crippen LogP contribution in [0.1, 0.15) is 39.2 Å². The summed E-state index contributed by atoms with van der Waals surface area (Å²) in [4.78, 5) is 54.8. The van der Waals surface area contributed by atoms with Gasteiger partial charge in [-0.1, -0.05) is 42.5 Å². The van der Waals surface area contributed by atoms with Crippen molar-refractivity contribution in [1.29, 1.82) is 0 Å². The van der Waals surface area contributed by atoms with E-state index in [2.05, 4.69) is 0 Å². The molecule has 158 valence electrons. The van der Waals surface area contributed by atoms with Gasteiger partial charge in [-0.15, -0.1) is 0 Å². The normalized spacial score (nSPS) is 29.0. The molecule has 4 aliphatic rings. The van der Waals surface area contributed by atoms with E-state index in [1.807, 2.05) is 18.2 Å². The number of amides is 2. The van der Waals surface area contributed by atoms with Crippen LogP contribution in [0.2, 0.25) is 0 Å². The van der Waals surface area contributed by atoms with E-state index in [9.17, 15) is 19.2 Å². The van der Waals surface area contributed by atoms with E-state index >= 15 is 0 Å². The molecule has 32 heavy (non-hydrogen) atoms. The van der Waals surface area contributed by atoms with Crippen LogP contribution < -0.4 is 11.4 Å². The van der Waals surface area contributed by atoms with Gasteiger partial charge >= 0.3 is 11.4 Å². The number of hydrogen-bond acceptors (Lipinski definition) is 4. The summed E-state index contributed by atoms with van der Waals surface area (Å²) in [6, 6.07) is 14.3. The molecule has 4 heterocycles. The first-order valence-electron chi connectivity index (χ1n) is 10.7. The molecule has 0 saturated heterocycles. The fourth-order valence-electron chi connectivity index (χ4n) is 5.88. The molecule has 8 nitrogen and oxygen atoms in total. The number of allylic oxidation sites excluding steroid dienone is 1. The Hall–Kier alpha value is -3.94. The van der Waals surface area contributed by atoms with E-state index in [4.69, 9.17) is 0 Å². The zero-order chi connectivity index (χ0) is 21.7. The van der Waals surface area contributed by atoms with Crippen LogP contribution in [0, 0.1) is 11.8 Å². The molecule has 8 heteroatoms. The minimum Gasteiger partial charge on any atom is -0.269 e. The van der Waals surface area contributed by atoms with Gasteiger partial charge in [-0.25, -0.2) is 23.5 Å². The Balaban J connectivity index is 1.42. The lowest BCUT2D eigenvalue weighted by Crippen LogP contribution is -2.48. The highest BCUT2D eigenvalue weighted by Crippen LogP contribution is 2.57. The second-order valence-electron chi connectivity index (χ2n) is 8.87. The SMILES string of the molecule is O=C1c2ccccc2C(=O)N1C1C2CC2C2C=CC1n1c(=O)n(-c3ccccc3)c(=O)n12. The molecule has 5 atom stereocenters. The van der Waals surface area contributed by atoms with Crippen LogP contribution in [-0.2, 0) is 0 Å². The zero-order valence-corrected chi connectivity index (χ0v) is 16.9. The van der Waals surface area contributed by atoms with Gasteiger partial charge in [-0.2, -0.15) is 0 Å². The largest absolute Gasteiger partial charge is 0.352 e. The van der Waals surface area contributed by atoms with Gasteiger partial charge in [0.2, 0.25) is 0 Å². The summed E-state index contributed by atoms with van der Waals surface area (Å²) in [6.07, 6.45) is 4.66. The highest BCUT2D eigenvalue weighted by Gasteiger charge is 2.60. The van der Waals surface area contributed by atoms with Crippen LogP contribution in [0.15, 0.2) is 76.3 Å². The second-order valence-corrected chi connectivity index (χ2v) is 8.87. The minimum absolute atomic E-state index is 0.0542. The summed E-state index contributed by atoms with van der Waals surface area (Å²) in [5, 5.41) is 0. The van der Waals surface area contributed by atoms with Crippen molar-refractivity contribution in [2.45, 2.75) is 24.5 Å². The van der Waals surface area contributed by atoms with E-state index in [1.165, 1.54) is 18.8 Å². The summed E-state index contributed by atoms with van der Waals surface area (Å²) in [6.45, 7) is 0. The van der Waals surface area contributed by atoms with E-state index in [1.54, 1.807) is 48.5 Å². The zero-order valence-electron chi connectivity index (χ0n) is 16.9. The van der Waals surface area contributed by atoms with Crippen LogP contribution >= 0.6 is 0 Å². The maximum atomic E-state index is 13.5. The van der Waals surface area contributed by atoms with E-state index < -0.39 is 23.5 Å². The Morgan fingerprint density at radius 2 is 1.22 bits per heavy atom. The summed E-state index contributed by atoms with van der Waals surface area (Å²) in [5.74, 6) is -0.504. The predicted molar refractivity (Wildman–Crippen MR) is 114 cm³/mol. The van der Waals surface area contributed by atoms with Gasteiger partial charge < -0.3 is 0 Å². The fraction of sp³-hybridized carbons (Fsp3) is 0.250. The number of nitrogens with zero attached hydrogens (tertiary/aromatic N) is 4. The molecule has 1 aliphatic carbocycles. The number of para-hydroxylation sites is 1. The molecule has 2 bridgehead atoms. The van der Waals surface area contributed by atoms with Crippen molar-refractivity contribution < 1.29 is 9.59 Å². The summed E-state index contributed by atoms with van der Waals surface area (Å²) in [7, 11) is 0. The fourth-order valence-corrected chi connectivity index (χ4v) is 5.88. The van der Waals surface area contributed by atoms with Crippen LogP contribution in [-0.4, -0.2) is 36.7 Å². The van der Waals surface area contributed by atoms with Crippen molar-refractivity contribution in [3.05, 3.63) is 98.8 Å². The molecular formula is C24H18N4O4. The quantitative estimate of drug-likeness (QED) is 0.462. The molecule has 1 aromatic heterocycles. The van der Waals surface area contributed by atoms with Crippen molar-refractivity contribution in [1.82, 2.24) is 18.8 Å². The van der Waals surface area contributed by atoms with Gasteiger partial charge in [0.25, 0.3) is 11.8 Å². The molecule has 1 saturated carbocycles. The molecule has 1 fully saturated rings. The standard InChI is InChI=1S/C24H18N4O4/c29-21-14-8-4-5-9-15(14)22(30)26(21)20-17-12-16(17)18-10-11-19(20)28-24(32)25(23(31)27(18)28)13-6-2-1-3-7-13/h1-11,16-20H,12H2. The minimum atomic E-state index is -0.587. The molecule has 0 radical (unpaired) electrons. The van der Waals surface area contributed by atoms with Gasteiger partial charge in [-0.3, -0.25) is 14.5 Å². The molecule has 2 amide bonds.